The van der Waals surface area contributed by atoms with E-state index in [1.807, 2.05) is 49.2 Å². The molecule has 1 aromatic heterocycles. The van der Waals surface area contributed by atoms with Crippen molar-refractivity contribution in [3.63, 3.8) is 0 Å². The molecule has 2 aromatic carbocycles. The summed E-state index contributed by atoms with van der Waals surface area (Å²) in [4.78, 5) is 66.8. The maximum Gasteiger partial charge on any atom is 0.344 e. The predicted octanol–water partition coefficient (Wildman–Crippen LogP) is 4.36. The Balaban J connectivity index is 1.28. The Bertz CT molecular complexity index is 2470. The lowest BCUT2D eigenvalue weighted by Gasteiger charge is -2.63. The monoisotopic (exact) mass is 864 g/mol. The van der Waals surface area contributed by atoms with Gasteiger partial charge in [0.2, 0.25) is 5.60 Å². The number of epoxide rings is 1. The van der Waals surface area contributed by atoms with Crippen molar-refractivity contribution in [1.29, 1.82) is 0 Å². The van der Waals surface area contributed by atoms with Crippen LogP contribution in [0.15, 0.2) is 48.6 Å². The first-order chi connectivity index (χ1) is 30.1. The molecule has 4 fully saturated rings. The summed E-state index contributed by atoms with van der Waals surface area (Å²) < 4.78 is 30.8. The number of carbonyl (C=O) groups is 4. The number of fused-ring (bicyclic) bond motifs is 8. The van der Waals surface area contributed by atoms with Crippen LogP contribution in [0.25, 0.3) is 10.9 Å². The highest BCUT2D eigenvalue weighted by atomic mass is 16.6. The van der Waals surface area contributed by atoms with Crippen molar-refractivity contribution in [2.75, 3.05) is 59.5 Å². The minimum Gasteiger partial charge on any atom is -0.496 e. The molecule has 1 aliphatic carbocycles. The van der Waals surface area contributed by atoms with E-state index in [9.17, 15) is 19.5 Å². The number of ketones is 1. The van der Waals surface area contributed by atoms with E-state index in [0.717, 1.165) is 34.1 Å². The number of para-hydroxylation sites is 1. The number of benzene rings is 2. The zero-order valence-corrected chi connectivity index (χ0v) is 37.6. The van der Waals surface area contributed by atoms with Crippen molar-refractivity contribution >= 4 is 40.3 Å². The molecule has 1 saturated carbocycles. The summed E-state index contributed by atoms with van der Waals surface area (Å²) in [5.74, 6) is -1.56. The molecule has 1 unspecified atom stereocenters. The van der Waals surface area contributed by atoms with Gasteiger partial charge in [-0.2, -0.15) is 0 Å². The third-order valence-corrected chi connectivity index (χ3v) is 16.8. The van der Waals surface area contributed by atoms with E-state index in [4.69, 9.17) is 23.7 Å². The van der Waals surface area contributed by atoms with Gasteiger partial charge in [0.05, 0.1) is 33.5 Å². The minimum absolute atomic E-state index is 0.0979. The van der Waals surface area contributed by atoms with Gasteiger partial charge in [-0.15, -0.1) is 0 Å². The second-order valence-electron chi connectivity index (χ2n) is 19.5. The fourth-order valence-corrected chi connectivity index (χ4v) is 14.5. The Morgan fingerprint density at radius 2 is 1.73 bits per heavy atom. The molecule has 336 valence electrons. The first kappa shape index (κ1) is 42.2. The number of nitrogens with one attached hydrogen (secondary N) is 1. The van der Waals surface area contributed by atoms with Crippen LogP contribution >= 0.6 is 0 Å². The van der Waals surface area contributed by atoms with Crippen LogP contribution in [0, 0.1) is 11.3 Å². The summed E-state index contributed by atoms with van der Waals surface area (Å²) in [6.07, 6.45) is 5.67. The second kappa shape index (κ2) is 14.4. The van der Waals surface area contributed by atoms with E-state index in [2.05, 4.69) is 39.9 Å². The molecule has 63 heavy (non-hydrogen) atoms. The number of aliphatic hydroxyl groups is 1. The fraction of sp³-hybridized carbons (Fsp3) is 0.592. The molecule has 14 nitrogen and oxygen atoms in total. The smallest absolute Gasteiger partial charge is 0.344 e. The summed E-state index contributed by atoms with van der Waals surface area (Å²) in [6.45, 7) is 9.72. The van der Waals surface area contributed by atoms with Gasteiger partial charge in [-0.05, 0) is 68.8 Å². The number of H-pyrrole nitrogens is 1. The molecule has 14 heteroatoms. The number of likely N-dealkylation sites (N-methyl/N-ethyl adjacent to an activating group) is 1. The van der Waals surface area contributed by atoms with E-state index in [-0.39, 0.29) is 29.9 Å². The molecule has 3 saturated heterocycles. The molecule has 12 atom stereocenters. The number of nitrogens with zero attached hydrogens (tertiary/aromatic N) is 3. The van der Waals surface area contributed by atoms with Gasteiger partial charge < -0.3 is 38.7 Å². The SMILES string of the molecule is CC[C@]12CN3C[C@@H](C[C@](C(=O)OC)(c4cc5c(cc4OC)N(C)[C@H]4[C@@](O)(C(=O)OC)[C@H](OC(C)=O)[C@]6(CC)C=CCN7CC[C@]54[C@@H]76)c4[nH]c5ccccc5c4C[C@H]3CC(C)=O)[C@H]1O2. The summed E-state index contributed by atoms with van der Waals surface area (Å²) in [6, 6.07) is 10.7. The summed E-state index contributed by atoms with van der Waals surface area (Å²) >= 11 is 0. The standard InChI is InChI=1S/C49H60N4O10/c1-9-45-16-13-18-52-19-17-47(40(45)52)33-22-34(37(59-6)23-36(33)51(5)41(47)49(58,44(57)61-8)42(45)62-28(4)55)48(43(56)60-7)24-29-25-53(26-46(10-2)39(29)63-46)30(20-27(3)54)21-32-31-14-11-12-15-35(31)50-38(32)48/h11-16,22-23,29-30,39-42,50,58H,9-10,17-21,24-26H2,1-8H3/t29-,30-,39-,40+,41-,42-,45-,46+,47-,48+,49+/m1/s1. The van der Waals surface area contributed by atoms with Gasteiger partial charge in [-0.3, -0.25) is 24.2 Å². The largest absolute Gasteiger partial charge is 0.496 e. The predicted molar refractivity (Wildman–Crippen MR) is 233 cm³/mol. The minimum atomic E-state index is -2.32. The summed E-state index contributed by atoms with van der Waals surface area (Å²) in [7, 11) is 6.15. The van der Waals surface area contributed by atoms with Gasteiger partial charge in [0.15, 0.2) is 6.10 Å². The maximum absolute atomic E-state index is 15.6. The number of aromatic amines is 1. The van der Waals surface area contributed by atoms with Crippen LogP contribution < -0.4 is 9.64 Å². The van der Waals surface area contributed by atoms with Crippen LogP contribution in [0.4, 0.5) is 5.69 Å². The van der Waals surface area contributed by atoms with Crippen molar-refractivity contribution < 1.29 is 48.0 Å². The number of aromatic nitrogens is 1. The Hall–Kier alpha value is -4.76. The molecule has 7 aliphatic rings. The van der Waals surface area contributed by atoms with Crippen LogP contribution in [0.2, 0.25) is 0 Å². The van der Waals surface area contributed by atoms with Crippen molar-refractivity contribution in [3.05, 3.63) is 70.9 Å². The quantitative estimate of drug-likeness (QED) is 0.135. The molecule has 0 radical (unpaired) electrons. The fourth-order valence-electron chi connectivity index (χ4n) is 14.5. The van der Waals surface area contributed by atoms with Crippen molar-refractivity contribution in [2.24, 2.45) is 11.3 Å². The number of methoxy groups -OCH3 is 3. The third kappa shape index (κ3) is 5.38. The second-order valence-corrected chi connectivity index (χ2v) is 19.5. The van der Waals surface area contributed by atoms with Gasteiger partial charge in [0.1, 0.15) is 22.5 Å². The lowest BCUT2D eigenvalue weighted by atomic mass is 9.47. The van der Waals surface area contributed by atoms with E-state index in [1.54, 1.807) is 14.0 Å². The van der Waals surface area contributed by atoms with E-state index < -0.39 is 57.5 Å². The number of hydrogen-bond donors (Lipinski definition) is 2. The molecule has 0 amide bonds. The zero-order valence-electron chi connectivity index (χ0n) is 37.6. The Labute approximate surface area is 368 Å². The molecular formula is C49H60N4O10. The topological polar surface area (TPSA) is 163 Å². The third-order valence-electron chi connectivity index (χ3n) is 16.8. The average Bonchev–Trinajstić information content (AvgIpc) is 3.59. The highest BCUT2D eigenvalue weighted by Crippen LogP contribution is 2.68. The summed E-state index contributed by atoms with van der Waals surface area (Å²) in [5.41, 5.74) is -1.45. The van der Waals surface area contributed by atoms with Gasteiger partial charge in [0, 0.05) is 103 Å². The molecular weight excluding hydrogens is 805 g/mol. The molecule has 7 heterocycles. The van der Waals surface area contributed by atoms with Crippen LogP contribution in [0.3, 0.4) is 0 Å². The number of anilines is 1. The number of piperidine rings is 1. The van der Waals surface area contributed by atoms with Crippen molar-refractivity contribution in [3.8, 4) is 5.75 Å². The van der Waals surface area contributed by atoms with Crippen LogP contribution in [-0.4, -0.2) is 140 Å². The lowest BCUT2D eigenvalue weighted by Crippen LogP contribution is -2.81. The normalized spacial score (nSPS) is 38.2. The van der Waals surface area contributed by atoms with Crippen LogP contribution in [-0.2, 0) is 55.4 Å². The number of Topliss-reactive ketones (excluding diaryl/α,β-unsaturated/α-hetero) is 1. The highest BCUT2D eigenvalue weighted by molar-refractivity contribution is 5.95. The molecule has 6 aliphatic heterocycles. The molecule has 1 spiro atoms. The van der Waals surface area contributed by atoms with Gasteiger partial charge in [-0.1, -0.05) is 44.2 Å². The Kier molecular flexibility index (Phi) is 9.63. The lowest BCUT2D eigenvalue weighted by molar-refractivity contribution is -0.228. The molecule has 2 bridgehead atoms. The van der Waals surface area contributed by atoms with E-state index in [1.165, 1.54) is 21.1 Å². The highest BCUT2D eigenvalue weighted by Gasteiger charge is 2.80. The Morgan fingerprint density at radius 3 is 2.41 bits per heavy atom. The van der Waals surface area contributed by atoms with Gasteiger partial charge >= 0.3 is 17.9 Å². The first-order valence-electron chi connectivity index (χ1n) is 22.6. The van der Waals surface area contributed by atoms with Crippen LogP contribution in [0.1, 0.15) is 82.2 Å². The van der Waals surface area contributed by atoms with Crippen molar-refractivity contribution in [1.82, 2.24) is 14.8 Å². The maximum atomic E-state index is 15.6. The first-order valence-corrected chi connectivity index (χ1v) is 22.6. The molecule has 10 rings (SSSR count). The number of carbonyl (C=O) groups excluding carboxylic acids is 4. The number of rotatable bonds is 9. The number of esters is 3. The van der Waals surface area contributed by atoms with Crippen molar-refractivity contribution in [2.45, 2.75) is 119 Å². The molecule has 3 aromatic rings. The summed E-state index contributed by atoms with van der Waals surface area (Å²) in [5, 5.41) is 14.4. The number of hydrogen-bond acceptors (Lipinski definition) is 13. The number of ether oxygens (including phenoxy) is 5. The zero-order chi connectivity index (χ0) is 44.6. The molecule has 2 N–H and O–H groups in total. The van der Waals surface area contributed by atoms with E-state index >= 15 is 4.79 Å². The van der Waals surface area contributed by atoms with E-state index in [0.29, 0.717) is 75.3 Å². The van der Waals surface area contributed by atoms with Crippen LogP contribution in [0.5, 0.6) is 5.75 Å². The average molecular weight is 865 g/mol. The Morgan fingerprint density at radius 1 is 0.968 bits per heavy atom. The van der Waals surface area contributed by atoms with Gasteiger partial charge in [-0.25, -0.2) is 4.79 Å². The van der Waals surface area contributed by atoms with Gasteiger partial charge in [0.25, 0.3) is 0 Å².